The van der Waals surface area contributed by atoms with Gasteiger partial charge in [0.1, 0.15) is 6.04 Å². The van der Waals surface area contributed by atoms with Gasteiger partial charge in [-0.2, -0.15) is 0 Å². The lowest BCUT2D eigenvalue weighted by Gasteiger charge is -2.15. The molecule has 0 saturated carbocycles. The average molecular weight is 257 g/mol. The van der Waals surface area contributed by atoms with E-state index in [4.69, 9.17) is 23.1 Å². The van der Waals surface area contributed by atoms with Gasteiger partial charge in [0.05, 0.1) is 6.42 Å². The molecule has 0 aromatic carbocycles. The van der Waals surface area contributed by atoms with Crippen molar-refractivity contribution in [2.75, 3.05) is 0 Å². The quantitative estimate of drug-likeness (QED) is 0.641. The standard InChI is InChI=1S/C9H11N3O4S/c1-4-3-12(9(17)11-7(4)14)5(8(15)16)2-6(10)13/h3,5H,2H2,1H3,(H2,10,13)(H,15,16)(H,11,14,17). The van der Waals surface area contributed by atoms with Gasteiger partial charge in [-0.3, -0.25) is 14.6 Å². The fourth-order valence-electron chi connectivity index (χ4n) is 1.31. The van der Waals surface area contributed by atoms with Crippen LogP contribution in [0.4, 0.5) is 0 Å². The van der Waals surface area contributed by atoms with Crippen LogP contribution in [-0.2, 0) is 9.59 Å². The number of carboxylic acid groups (broad SMARTS) is 1. The smallest absolute Gasteiger partial charge is 0.327 e. The molecular weight excluding hydrogens is 246 g/mol. The van der Waals surface area contributed by atoms with E-state index in [2.05, 4.69) is 4.98 Å². The van der Waals surface area contributed by atoms with Crippen molar-refractivity contribution in [3.8, 4) is 0 Å². The average Bonchev–Trinajstić information content (AvgIpc) is 2.20. The highest BCUT2D eigenvalue weighted by atomic mass is 32.1. The van der Waals surface area contributed by atoms with Crippen LogP contribution >= 0.6 is 12.2 Å². The van der Waals surface area contributed by atoms with E-state index in [0.717, 1.165) is 4.57 Å². The first-order valence-corrected chi connectivity index (χ1v) is 5.07. The summed E-state index contributed by atoms with van der Waals surface area (Å²) in [5.41, 5.74) is 4.87. The van der Waals surface area contributed by atoms with Crippen LogP contribution in [0.2, 0.25) is 0 Å². The van der Waals surface area contributed by atoms with Gasteiger partial charge in [0, 0.05) is 11.8 Å². The van der Waals surface area contributed by atoms with Crippen LogP contribution in [-0.4, -0.2) is 26.5 Å². The largest absolute Gasteiger partial charge is 0.480 e. The van der Waals surface area contributed by atoms with Crippen molar-refractivity contribution in [1.82, 2.24) is 9.55 Å². The third-order valence-corrected chi connectivity index (χ3v) is 2.47. The van der Waals surface area contributed by atoms with E-state index in [1.54, 1.807) is 0 Å². The monoisotopic (exact) mass is 257 g/mol. The van der Waals surface area contributed by atoms with Gasteiger partial charge in [-0.1, -0.05) is 0 Å². The molecule has 4 N–H and O–H groups in total. The second-order valence-corrected chi connectivity index (χ2v) is 3.89. The maximum atomic E-state index is 11.2. The summed E-state index contributed by atoms with van der Waals surface area (Å²) in [6.45, 7) is 1.51. The second-order valence-electron chi connectivity index (χ2n) is 3.50. The molecule has 1 rings (SSSR count). The SMILES string of the molecule is Cc1cn(C(CC(N)=O)C(=O)O)c(=S)[nH]c1=O. The molecule has 1 heterocycles. The molecule has 1 aromatic rings. The van der Waals surface area contributed by atoms with Crippen molar-refractivity contribution in [3.63, 3.8) is 0 Å². The Morgan fingerprint density at radius 1 is 1.65 bits per heavy atom. The van der Waals surface area contributed by atoms with E-state index in [-0.39, 0.29) is 4.77 Å². The Labute approximate surface area is 101 Å². The normalized spacial score (nSPS) is 12.1. The lowest BCUT2D eigenvalue weighted by molar-refractivity contribution is -0.142. The van der Waals surface area contributed by atoms with Crippen molar-refractivity contribution in [2.24, 2.45) is 5.73 Å². The van der Waals surface area contributed by atoms with E-state index < -0.39 is 29.9 Å². The fraction of sp³-hybridized carbons (Fsp3) is 0.333. The predicted molar refractivity (Wildman–Crippen MR) is 61.1 cm³/mol. The molecule has 8 heteroatoms. The Bertz CT molecular complexity index is 574. The third-order valence-electron chi connectivity index (χ3n) is 2.16. The summed E-state index contributed by atoms with van der Waals surface area (Å²) in [4.78, 5) is 35.4. The molecule has 1 unspecified atom stereocenters. The van der Waals surface area contributed by atoms with Crippen molar-refractivity contribution >= 4 is 24.1 Å². The van der Waals surface area contributed by atoms with Gasteiger partial charge in [-0.25, -0.2) is 4.79 Å². The number of rotatable bonds is 4. The predicted octanol–water partition coefficient (Wildman–Crippen LogP) is -0.285. The van der Waals surface area contributed by atoms with Crippen LogP contribution in [0, 0.1) is 11.7 Å². The summed E-state index contributed by atoms with van der Waals surface area (Å²) in [5.74, 6) is -2.01. The number of carbonyl (C=O) groups excluding carboxylic acids is 1. The zero-order valence-electron chi connectivity index (χ0n) is 8.97. The molecule has 0 fully saturated rings. The number of carbonyl (C=O) groups is 2. The summed E-state index contributed by atoms with van der Waals surface area (Å²) in [7, 11) is 0. The number of aliphatic carboxylic acids is 1. The number of nitrogens with two attached hydrogens (primary N) is 1. The number of H-pyrrole nitrogens is 1. The topological polar surface area (TPSA) is 118 Å². The first-order valence-electron chi connectivity index (χ1n) is 4.66. The molecule has 0 saturated heterocycles. The van der Waals surface area contributed by atoms with E-state index in [9.17, 15) is 14.4 Å². The highest BCUT2D eigenvalue weighted by Gasteiger charge is 2.22. The number of aromatic nitrogens is 2. The Balaban J connectivity index is 3.33. The summed E-state index contributed by atoms with van der Waals surface area (Å²) in [6, 6.07) is -1.21. The number of aromatic amines is 1. The molecular formula is C9H11N3O4S. The van der Waals surface area contributed by atoms with Crippen LogP contribution in [0.25, 0.3) is 0 Å². The van der Waals surface area contributed by atoms with Gasteiger partial charge in [-0.05, 0) is 19.1 Å². The maximum Gasteiger partial charge on any atom is 0.327 e. The number of primary amides is 1. The van der Waals surface area contributed by atoms with Gasteiger partial charge in [0.25, 0.3) is 5.56 Å². The van der Waals surface area contributed by atoms with Gasteiger partial charge in [0.15, 0.2) is 4.77 Å². The molecule has 17 heavy (non-hydrogen) atoms. The zero-order chi connectivity index (χ0) is 13.2. The number of nitrogens with zero attached hydrogens (tertiary/aromatic N) is 1. The van der Waals surface area contributed by atoms with Gasteiger partial charge in [-0.15, -0.1) is 0 Å². The number of hydrogen-bond acceptors (Lipinski definition) is 4. The Morgan fingerprint density at radius 2 is 2.24 bits per heavy atom. The second kappa shape index (κ2) is 4.91. The number of aryl methyl sites for hydroxylation is 1. The third kappa shape index (κ3) is 3.00. The molecule has 0 radical (unpaired) electrons. The Kier molecular flexibility index (Phi) is 3.79. The zero-order valence-corrected chi connectivity index (χ0v) is 9.78. The van der Waals surface area contributed by atoms with Gasteiger partial charge < -0.3 is 15.4 Å². The molecule has 0 bridgehead atoms. The summed E-state index contributed by atoms with van der Waals surface area (Å²) in [5, 5.41) is 8.99. The fourth-order valence-corrected chi connectivity index (χ4v) is 1.59. The van der Waals surface area contributed by atoms with E-state index in [1.807, 2.05) is 0 Å². The van der Waals surface area contributed by atoms with E-state index in [1.165, 1.54) is 13.1 Å². The lowest BCUT2D eigenvalue weighted by Crippen LogP contribution is -2.28. The van der Waals surface area contributed by atoms with Crippen LogP contribution in [0.1, 0.15) is 18.0 Å². The number of nitrogens with one attached hydrogen (secondary N) is 1. The molecule has 1 amide bonds. The summed E-state index contributed by atoms with van der Waals surface area (Å²) in [6.07, 6.45) is 0.901. The maximum absolute atomic E-state index is 11.2. The van der Waals surface area contributed by atoms with Crippen molar-refractivity contribution in [1.29, 1.82) is 0 Å². The van der Waals surface area contributed by atoms with Gasteiger partial charge >= 0.3 is 5.97 Å². The van der Waals surface area contributed by atoms with Crippen molar-refractivity contribution < 1.29 is 14.7 Å². The van der Waals surface area contributed by atoms with Crippen LogP contribution in [0.3, 0.4) is 0 Å². The minimum absolute atomic E-state index is 0.0609. The molecule has 0 aliphatic heterocycles. The Morgan fingerprint density at radius 3 is 2.71 bits per heavy atom. The van der Waals surface area contributed by atoms with Crippen LogP contribution in [0.5, 0.6) is 0 Å². The Hall–Kier alpha value is -1.96. The summed E-state index contributed by atoms with van der Waals surface area (Å²) < 4.78 is 1.08. The highest BCUT2D eigenvalue weighted by Crippen LogP contribution is 2.11. The molecule has 1 aromatic heterocycles. The van der Waals surface area contributed by atoms with Crippen LogP contribution < -0.4 is 11.3 Å². The number of amides is 1. The number of hydrogen-bond donors (Lipinski definition) is 3. The van der Waals surface area contributed by atoms with E-state index >= 15 is 0 Å². The van der Waals surface area contributed by atoms with Crippen molar-refractivity contribution in [3.05, 3.63) is 26.9 Å². The molecule has 0 spiro atoms. The first kappa shape index (κ1) is 13.1. The first-order chi connectivity index (χ1) is 7.82. The highest BCUT2D eigenvalue weighted by molar-refractivity contribution is 7.71. The summed E-state index contributed by atoms with van der Waals surface area (Å²) >= 11 is 4.84. The molecule has 92 valence electrons. The lowest BCUT2D eigenvalue weighted by atomic mass is 10.2. The number of carboxylic acids is 1. The van der Waals surface area contributed by atoms with E-state index in [0.29, 0.717) is 5.56 Å². The van der Waals surface area contributed by atoms with Gasteiger partial charge in [0.2, 0.25) is 5.91 Å². The molecule has 0 aliphatic rings. The molecule has 0 aliphatic carbocycles. The minimum Gasteiger partial charge on any atom is -0.480 e. The minimum atomic E-state index is -1.24. The van der Waals surface area contributed by atoms with Crippen molar-refractivity contribution in [2.45, 2.75) is 19.4 Å². The molecule has 7 nitrogen and oxygen atoms in total. The van der Waals surface area contributed by atoms with Crippen LogP contribution in [0.15, 0.2) is 11.0 Å². The molecule has 1 atom stereocenters.